The van der Waals surface area contributed by atoms with Gasteiger partial charge in [-0.15, -0.1) is 0 Å². The van der Waals surface area contributed by atoms with Gasteiger partial charge in [0.25, 0.3) is 15.9 Å². The molecule has 2 N–H and O–H groups in total. The summed E-state index contributed by atoms with van der Waals surface area (Å²) in [4.78, 5) is 37.1. The van der Waals surface area contributed by atoms with Gasteiger partial charge in [0.1, 0.15) is 11.6 Å². The van der Waals surface area contributed by atoms with Crippen LogP contribution in [0.2, 0.25) is 0 Å². The molecule has 42 heavy (non-hydrogen) atoms. The fraction of sp³-hybridized carbons (Fsp3) is 0.548. The van der Waals surface area contributed by atoms with Crippen molar-refractivity contribution in [2.75, 3.05) is 23.4 Å². The minimum atomic E-state index is -4.28. The first kappa shape index (κ1) is 30.0. The van der Waals surface area contributed by atoms with Gasteiger partial charge in [0.05, 0.1) is 12.2 Å². The lowest BCUT2D eigenvalue weighted by Gasteiger charge is -2.34. The van der Waals surface area contributed by atoms with E-state index >= 15 is 0 Å². The molecular formula is C31H41N5O5S. The highest BCUT2D eigenvalue weighted by molar-refractivity contribution is 7.90. The quantitative estimate of drug-likeness (QED) is 0.385. The van der Waals surface area contributed by atoms with Gasteiger partial charge in [-0.1, -0.05) is 32.9 Å². The smallest absolute Gasteiger partial charge is 0.330 e. The van der Waals surface area contributed by atoms with Crippen molar-refractivity contribution in [1.82, 2.24) is 14.7 Å². The van der Waals surface area contributed by atoms with Gasteiger partial charge in [0.15, 0.2) is 5.03 Å². The molecule has 0 aromatic carbocycles. The van der Waals surface area contributed by atoms with Crippen molar-refractivity contribution in [2.24, 2.45) is 11.3 Å². The summed E-state index contributed by atoms with van der Waals surface area (Å²) in [7, 11) is -4.28. The average Bonchev–Trinajstić information content (AvgIpc) is 3.46. The third kappa shape index (κ3) is 6.02. The van der Waals surface area contributed by atoms with E-state index in [2.05, 4.69) is 54.5 Å². The number of carbonyl (C=O) groups excluding carboxylic acids is 2. The van der Waals surface area contributed by atoms with E-state index in [0.717, 1.165) is 31.5 Å². The van der Waals surface area contributed by atoms with Crippen LogP contribution >= 0.6 is 0 Å². The number of sulfonamides is 1. The van der Waals surface area contributed by atoms with Crippen molar-refractivity contribution in [3.05, 3.63) is 53.7 Å². The van der Waals surface area contributed by atoms with Crippen molar-refractivity contribution < 1.29 is 22.7 Å². The molecule has 3 aliphatic rings. The zero-order chi connectivity index (χ0) is 30.5. The normalized spacial score (nSPS) is 26.2. The first-order chi connectivity index (χ1) is 19.6. The Morgan fingerprint density at radius 2 is 1.95 bits per heavy atom. The third-order valence-corrected chi connectivity index (χ3v) is 9.83. The number of anilines is 2. The van der Waals surface area contributed by atoms with Crippen LogP contribution in [0.15, 0.2) is 47.5 Å². The van der Waals surface area contributed by atoms with Crippen LogP contribution in [0.1, 0.15) is 83.3 Å². The fourth-order valence-corrected chi connectivity index (χ4v) is 7.42. The van der Waals surface area contributed by atoms with E-state index in [4.69, 9.17) is 9.72 Å². The first-order valence-corrected chi connectivity index (χ1v) is 16.1. The number of rotatable bonds is 4. The molecule has 3 atom stereocenters. The standard InChI is InChI=1S/C31H41N5O5S/c1-7-41-26(37)13-8-10-21-16-20-17-31(20)18-30(5,6)36(19-31)27-22(14-15-23(33-27)29(2,3)4)28(38)35-42(39,40)25-12-9-11-24(32-21)34-25/h8-9,11-15,20-21H,7,10,16-19H2,1-6H3,(H,32,34)(H,35,38)/b13-8+. The van der Waals surface area contributed by atoms with Gasteiger partial charge >= 0.3 is 5.97 Å². The van der Waals surface area contributed by atoms with Crippen LogP contribution in [-0.2, 0) is 25.0 Å². The predicted molar refractivity (Wildman–Crippen MR) is 161 cm³/mol. The molecule has 2 aromatic rings. The molecule has 2 aromatic heterocycles. The molecule has 4 heterocycles. The van der Waals surface area contributed by atoms with E-state index in [9.17, 15) is 18.0 Å². The van der Waals surface area contributed by atoms with Gasteiger partial charge in [-0.25, -0.2) is 19.5 Å². The SMILES string of the molecule is CCOC(=O)/C=C/CC1CC2CC23CN(c2nc(C(C)(C)C)ccc2C(=O)NS(=O)(=O)c2cccc(n2)N1)C(C)(C)C3. The summed E-state index contributed by atoms with van der Waals surface area (Å²) < 4.78 is 34.0. The van der Waals surface area contributed by atoms with Crippen molar-refractivity contribution in [3.8, 4) is 0 Å². The van der Waals surface area contributed by atoms with E-state index in [-0.39, 0.29) is 33.0 Å². The molecule has 0 radical (unpaired) electrons. The molecule has 4 bridgehead atoms. The number of aromatic nitrogens is 2. The second-order valence-electron chi connectivity index (χ2n) is 13.4. The van der Waals surface area contributed by atoms with Gasteiger partial charge in [-0.2, -0.15) is 8.42 Å². The number of nitrogens with one attached hydrogen (secondary N) is 2. The highest BCUT2D eigenvalue weighted by Gasteiger charge is 2.62. The second kappa shape index (κ2) is 10.7. The minimum absolute atomic E-state index is 0.0446. The minimum Gasteiger partial charge on any atom is -0.463 e. The Morgan fingerprint density at radius 1 is 1.19 bits per heavy atom. The molecule has 1 saturated carbocycles. The zero-order valence-corrected chi connectivity index (χ0v) is 26.0. The van der Waals surface area contributed by atoms with Crippen molar-refractivity contribution in [2.45, 2.75) is 89.2 Å². The lowest BCUT2D eigenvalue weighted by molar-refractivity contribution is -0.137. The molecule has 2 aliphatic heterocycles. The summed E-state index contributed by atoms with van der Waals surface area (Å²) in [5.74, 6) is 0.156. The number of pyridine rings is 2. The maximum Gasteiger partial charge on any atom is 0.330 e. The highest BCUT2D eigenvalue weighted by atomic mass is 32.2. The maximum absolute atomic E-state index is 13.6. The van der Waals surface area contributed by atoms with Crippen LogP contribution in [0.3, 0.4) is 0 Å². The number of hydrogen-bond donors (Lipinski definition) is 2. The Labute approximate surface area is 248 Å². The topological polar surface area (TPSA) is 131 Å². The Hall–Kier alpha value is -3.47. The van der Waals surface area contributed by atoms with Gasteiger partial charge in [-0.05, 0) is 82.1 Å². The predicted octanol–water partition coefficient (Wildman–Crippen LogP) is 4.58. The molecule has 10 nitrogen and oxygen atoms in total. The number of carbonyl (C=O) groups is 2. The Balaban J connectivity index is 1.57. The third-order valence-electron chi connectivity index (χ3n) is 8.60. The maximum atomic E-state index is 13.6. The van der Waals surface area contributed by atoms with Crippen LogP contribution in [0, 0.1) is 11.3 Å². The van der Waals surface area contributed by atoms with E-state index in [1.807, 2.05) is 0 Å². The molecule has 1 spiro atoms. The van der Waals surface area contributed by atoms with Crippen LogP contribution in [0.4, 0.5) is 11.6 Å². The molecule has 2 fully saturated rings. The number of esters is 1. The Morgan fingerprint density at radius 3 is 2.67 bits per heavy atom. The summed E-state index contributed by atoms with van der Waals surface area (Å²) >= 11 is 0. The lowest BCUT2D eigenvalue weighted by Crippen LogP contribution is -2.41. The largest absolute Gasteiger partial charge is 0.463 e. The van der Waals surface area contributed by atoms with Crippen molar-refractivity contribution in [3.63, 3.8) is 0 Å². The van der Waals surface area contributed by atoms with Gasteiger partial charge in [0.2, 0.25) is 0 Å². The number of nitrogens with zero attached hydrogens (tertiary/aromatic N) is 3. The molecule has 1 saturated heterocycles. The fourth-order valence-electron chi connectivity index (χ4n) is 6.49. The molecule has 226 valence electrons. The Kier molecular flexibility index (Phi) is 7.62. The summed E-state index contributed by atoms with van der Waals surface area (Å²) in [5.41, 5.74) is 0.523. The monoisotopic (exact) mass is 595 g/mol. The average molecular weight is 596 g/mol. The lowest BCUT2D eigenvalue weighted by atomic mass is 9.90. The van der Waals surface area contributed by atoms with E-state index in [1.54, 1.807) is 37.3 Å². The van der Waals surface area contributed by atoms with Crippen molar-refractivity contribution in [1.29, 1.82) is 0 Å². The highest BCUT2D eigenvalue weighted by Crippen LogP contribution is 2.64. The molecule has 1 amide bonds. The van der Waals surface area contributed by atoms with Crippen molar-refractivity contribution >= 4 is 33.5 Å². The van der Waals surface area contributed by atoms with Crippen LogP contribution in [0.25, 0.3) is 0 Å². The number of amides is 1. The van der Waals surface area contributed by atoms with Crippen LogP contribution < -0.4 is 14.9 Å². The Bertz CT molecular complexity index is 1530. The summed E-state index contributed by atoms with van der Waals surface area (Å²) in [6.45, 7) is 13.3. The number of hydrogen-bond acceptors (Lipinski definition) is 9. The van der Waals surface area contributed by atoms with E-state index in [0.29, 0.717) is 30.6 Å². The van der Waals surface area contributed by atoms with Gasteiger partial charge < -0.3 is 15.0 Å². The molecule has 5 rings (SSSR count). The molecule has 1 aliphatic carbocycles. The van der Waals surface area contributed by atoms with E-state index < -0.39 is 21.9 Å². The number of fused-ring (bicyclic) bond motifs is 5. The summed E-state index contributed by atoms with van der Waals surface area (Å²) in [6, 6.07) is 8.06. The number of ether oxygens (including phenoxy) is 1. The molecular weight excluding hydrogens is 554 g/mol. The summed E-state index contributed by atoms with van der Waals surface area (Å²) in [5, 5.41) is 3.14. The zero-order valence-electron chi connectivity index (χ0n) is 25.2. The van der Waals surface area contributed by atoms with Crippen LogP contribution in [-0.4, -0.2) is 55.0 Å². The second-order valence-corrected chi connectivity index (χ2v) is 15.0. The first-order valence-electron chi connectivity index (χ1n) is 14.6. The van der Waals surface area contributed by atoms with Gasteiger partial charge in [0, 0.05) is 35.3 Å². The van der Waals surface area contributed by atoms with Gasteiger partial charge in [-0.3, -0.25) is 4.79 Å². The van der Waals surface area contributed by atoms with E-state index in [1.165, 1.54) is 12.1 Å². The molecule has 11 heteroatoms. The summed E-state index contributed by atoms with van der Waals surface area (Å²) in [6.07, 6.45) is 6.53. The van der Waals surface area contributed by atoms with Crippen LogP contribution in [0.5, 0.6) is 0 Å². The molecule has 3 unspecified atom stereocenters.